The summed E-state index contributed by atoms with van der Waals surface area (Å²) in [7, 11) is 3.31. The Balaban J connectivity index is 2.70. The summed E-state index contributed by atoms with van der Waals surface area (Å²) < 4.78 is 10.6. The Morgan fingerprint density at radius 3 is 2.37 bits per heavy atom. The zero-order valence-electron chi connectivity index (χ0n) is 12.7. The average molecular weight is 265 g/mol. The van der Waals surface area contributed by atoms with E-state index in [9.17, 15) is 0 Å². The largest absolute Gasteiger partial charge is 0.493 e. The fourth-order valence-electron chi connectivity index (χ4n) is 2.32. The van der Waals surface area contributed by atoms with E-state index in [-0.39, 0.29) is 5.54 Å². The van der Waals surface area contributed by atoms with E-state index in [4.69, 9.17) is 15.2 Å². The number of benzene rings is 1. The normalized spacial score (nSPS) is 13.9. The lowest BCUT2D eigenvalue weighted by atomic mass is 9.88. The molecule has 0 aliphatic rings. The van der Waals surface area contributed by atoms with Crippen molar-refractivity contribution < 1.29 is 9.47 Å². The van der Waals surface area contributed by atoms with Crippen LogP contribution in [0.1, 0.15) is 45.1 Å². The van der Waals surface area contributed by atoms with E-state index in [1.54, 1.807) is 14.2 Å². The van der Waals surface area contributed by atoms with Crippen LogP contribution in [-0.4, -0.2) is 19.8 Å². The van der Waals surface area contributed by atoms with Crippen LogP contribution in [0, 0.1) is 0 Å². The van der Waals surface area contributed by atoms with Gasteiger partial charge in [0.05, 0.1) is 14.2 Å². The maximum atomic E-state index is 6.38. The van der Waals surface area contributed by atoms with E-state index in [2.05, 4.69) is 19.9 Å². The molecule has 0 bridgehead atoms. The van der Waals surface area contributed by atoms with Crippen molar-refractivity contribution in [3.05, 3.63) is 23.8 Å². The monoisotopic (exact) mass is 265 g/mol. The number of unbranched alkanes of at least 4 members (excludes halogenated alkanes) is 2. The number of rotatable bonds is 8. The molecule has 0 aliphatic heterocycles. The second kappa shape index (κ2) is 7.39. The van der Waals surface area contributed by atoms with Crippen molar-refractivity contribution in [3.8, 4) is 11.5 Å². The zero-order chi connectivity index (χ0) is 14.3. The third-order valence-corrected chi connectivity index (χ3v) is 3.41. The third kappa shape index (κ3) is 5.11. The van der Waals surface area contributed by atoms with Gasteiger partial charge < -0.3 is 15.2 Å². The van der Waals surface area contributed by atoms with Crippen LogP contribution in [0.2, 0.25) is 0 Å². The Kier molecular flexibility index (Phi) is 6.16. The van der Waals surface area contributed by atoms with Crippen molar-refractivity contribution in [1.82, 2.24) is 0 Å². The summed E-state index contributed by atoms with van der Waals surface area (Å²) in [5, 5.41) is 0. The maximum Gasteiger partial charge on any atom is 0.160 e. The van der Waals surface area contributed by atoms with Gasteiger partial charge in [0.1, 0.15) is 0 Å². The molecule has 3 heteroatoms. The fraction of sp³-hybridized carbons (Fsp3) is 0.625. The van der Waals surface area contributed by atoms with Gasteiger partial charge >= 0.3 is 0 Å². The molecular weight excluding hydrogens is 238 g/mol. The quantitative estimate of drug-likeness (QED) is 0.731. The van der Waals surface area contributed by atoms with Crippen LogP contribution < -0.4 is 15.2 Å². The minimum Gasteiger partial charge on any atom is -0.493 e. The summed E-state index contributed by atoms with van der Waals surface area (Å²) in [5.41, 5.74) is 7.42. The van der Waals surface area contributed by atoms with Crippen LogP contribution >= 0.6 is 0 Å². The smallest absolute Gasteiger partial charge is 0.160 e. The minimum absolute atomic E-state index is 0.158. The molecule has 0 aromatic heterocycles. The van der Waals surface area contributed by atoms with Crippen LogP contribution in [0.25, 0.3) is 0 Å². The van der Waals surface area contributed by atoms with Crippen molar-refractivity contribution in [2.45, 2.75) is 51.5 Å². The van der Waals surface area contributed by atoms with Gasteiger partial charge in [-0.15, -0.1) is 0 Å². The van der Waals surface area contributed by atoms with E-state index in [0.717, 1.165) is 24.3 Å². The van der Waals surface area contributed by atoms with Gasteiger partial charge in [0.25, 0.3) is 0 Å². The standard InChI is InChI=1S/C16H27NO2/c1-5-6-7-10-16(2,17)12-13-8-9-14(18-3)15(11-13)19-4/h8-9,11H,5-7,10,12,17H2,1-4H3. The lowest BCUT2D eigenvalue weighted by molar-refractivity contribution is 0.353. The lowest BCUT2D eigenvalue weighted by Crippen LogP contribution is -2.38. The highest BCUT2D eigenvalue weighted by Crippen LogP contribution is 2.29. The zero-order valence-corrected chi connectivity index (χ0v) is 12.7. The topological polar surface area (TPSA) is 44.5 Å². The van der Waals surface area contributed by atoms with Crippen LogP contribution in [0.4, 0.5) is 0 Å². The molecule has 0 saturated heterocycles. The summed E-state index contributed by atoms with van der Waals surface area (Å²) in [5.74, 6) is 1.53. The van der Waals surface area contributed by atoms with Gasteiger partial charge in [-0.1, -0.05) is 32.3 Å². The van der Waals surface area contributed by atoms with E-state index in [1.165, 1.54) is 24.8 Å². The molecule has 0 radical (unpaired) electrons. The first-order chi connectivity index (χ1) is 9.02. The number of nitrogens with two attached hydrogens (primary N) is 1. The Hall–Kier alpha value is -1.22. The molecule has 0 aliphatic carbocycles. The Morgan fingerprint density at radius 2 is 1.79 bits per heavy atom. The predicted octanol–water partition coefficient (Wildman–Crippen LogP) is 3.54. The predicted molar refractivity (Wildman–Crippen MR) is 80.0 cm³/mol. The van der Waals surface area contributed by atoms with Gasteiger partial charge in [0.15, 0.2) is 11.5 Å². The summed E-state index contributed by atoms with van der Waals surface area (Å²) in [6.07, 6.45) is 5.58. The molecule has 3 nitrogen and oxygen atoms in total. The summed E-state index contributed by atoms with van der Waals surface area (Å²) in [4.78, 5) is 0. The van der Waals surface area contributed by atoms with Crippen molar-refractivity contribution in [3.63, 3.8) is 0 Å². The molecule has 1 unspecified atom stereocenters. The fourth-order valence-corrected chi connectivity index (χ4v) is 2.32. The Morgan fingerprint density at radius 1 is 1.11 bits per heavy atom. The van der Waals surface area contributed by atoms with Crippen LogP contribution in [-0.2, 0) is 6.42 Å². The first-order valence-corrected chi connectivity index (χ1v) is 7.02. The van der Waals surface area contributed by atoms with E-state index in [1.807, 2.05) is 12.1 Å². The molecule has 1 aromatic carbocycles. The van der Waals surface area contributed by atoms with E-state index < -0.39 is 0 Å². The highest BCUT2D eigenvalue weighted by Gasteiger charge is 2.19. The molecule has 19 heavy (non-hydrogen) atoms. The lowest BCUT2D eigenvalue weighted by Gasteiger charge is -2.25. The second-order valence-electron chi connectivity index (χ2n) is 5.48. The van der Waals surface area contributed by atoms with Gasteiger partial charge in [0, 0.05) is 5.54 Å². The summed E-state index contributed by atoms with van der Waals surface area (Å²) in [6, 6.07) is 6.02. The van der Waals surface area contributed by atoms with Crippen LogP contribution in [0.15, 0.2) is 18.2 Å². The first-order valence-electron chi connectivity index (χ1n) is 7.02. The molecule has 1 atom stereocenters. The molecular formula is C16H27NO2. The SMILES string of the molecule is CCCCCC(C)(N)Cc1ccc(OC)c(OC)c1. The van der Waals surface area contributed by atoms with Crippen molar-refractivity contribution in [1.29, 1.82) is 0 Å². The molecule has 1 aromatic rings. The average Bonchev–Trinajstić information content (AvgIpc) is 2.38. The van der Waals surface area contributed by atoms with Gasteiger partial charge in [-0.05, 0) is 37.5 Å². The summed E-state index contributed by atoms with van der Waals surface area (Å²) in [6.45, 7) is 4.33. The minimum atomic E-state index is -0.158. The van der Waals surface area contributed by atoms with E-state index >= 15 is 0 Å². The number of methoxy groups -OCH3 is 2. The van der Waals surface area contributed by atoms with Gasteiger partial charge in [-0.3, -0.25) is 0 Å². The van der Waals surface area contributed by atoms with Crippen LogP contribution in [0.3, 0.4) is 0 Å². The van der Waals surface area contributed by atoms with Crippen molar-refractivity contribution >= 4 is 0 Å². The van der Waals surface area contributed by atoms with E-state index in [0.29, 0.717) is 0 Å². The van der Waals surface area contributed by atoms with Crippen LogP contribution in [0.5, 0.6) is 11.5 Å². The van der Waals surface area contributed by atoms with Gasteiger partial charge in [0.2, 0.25) is 0 Å². The molecule has 0 spiro atoms. The number of hydrogen-bond donors (Lipinski definition) is 1. The second-order valence-corrected chi connectivity index (χ2v) is 5.48. The number of ether oxygens (including phenoxy) is 2. The molecule has 1 rings (SSSR count). The molecule has 108 valence electrons. The van der Waals surface area contributed by atoms with Crippen molar-refractivity contribution in [2.75, 3.05) is 14.2 Å². The molecule has 0 fully saturated rings. The first kappa shape index (κ1) is 15.8. The third-order valence-electron chi connectivity index (χ3n) is 3.41. The molecule has 0 heterocycles. The molecule has 0 saturated carbocycles. The summed E-state index contributed by atoms with van der Waals surface area (Å²) >= 11 is 0. The van der Waals surface area contributed by atoms with Gasteiger partial charge in [-0.2, -0.15) is 0 Å². The van der Waals surface area contributed by atoms with Gasteiger partial charge in [-0.25, -0.2) is 0 Å². The Bertz CT molecular complexity index is 388. The highest BCUT2D eigenvalue weighted by molar-refractivity contribution is 5.43. The maximum absolute atomic E-state index is 6.38. The molecule has 2 N–H and O–H groups in total. The molecule has 0 amide bonds. The number of hydrogen-bond acceptors (Lipinski definition) is 3. The highest BCUT2D eigenvalue weighted by atomic mass is 16.5. The van der Waals surface area contributed by atoms with Crippen molar-refractivity contribution in [2.24, 2.45) is 5.73 Å². The Labute approximate surface area is 117 Å².